The van der Waals surface area contributed by atoms with E-state index in [-0.39, 0.29) is 12.5 Å². The number of benzene rings is 1. The zero-order valence-corrected chi connectivity index (χ0v) is 11.5. The van der Waals surface area contributed by atoms with Crippen molar-refractivity contribution in [3.8, 4) is 0 Å². The molecule has 1 atom stereocenters. The van der Waals surface area contributed by atoms with Gasteiger partial charge >= 0.3 is 0 Å². The van der Waals surface area contributed by atoms with Gasteiger partial charge < -0.3 is 16.2 Å². The van der Waals surface area contributed by atoms with Crippen molar-refractivity contribution < 1.29 is 14.7 Å². The van der Waals surface area contributed by atoms with Crippen molar-refractivity contribution in [1.82, 2.24) is 5.32 Å². The molecule has 1 unspecified atom stereocenters. The summed E-state index contributed by atoms with van der Waals surface area (Å²) in [6, 6.07) is 6.61. The van der Waals surface area contributed by atoms with E-state index in [4.69, 9.17) is 5.73 Å². The molecule has 0 aliphatic heterocycles. The Labute approximate surface area is 118 Å². The van der Waals surface area contributed by atoms with Gasteiger partial charge in [0.15, 0.2) is 0 Å². The Hall–Kier alpha value is -2.14. The second-order valence-corrected chi connectivity index (χ2v) is 4.51. The van der Waals surface area contributed by atoms with Gasteiger partial charge in [-0.05, 0) is 30.2 Å². The van der Waals surface area contributed by atoms with Crippen LogP contribution >= 0.6 is 0 Å². The molecule has 0 heterocycles. The average Bonchev–Trinajstić information content (AvgIpc) is 2.43. The minimum absolute atomic E-state index is 0.248. The van der Waals surface area contributed by atoms with Crippen LogP contribution in [0, 0.1) is 0 Å². The lowest BCUT2D eigenvalue weighted by atomic mass is 10.1. The van der Waals surface area contributed by atoms with E-state index in [1.807, 2.05) is 6.92 Å². The Morgan fingerprint density at radius 1 is 1.35 bits per heavy atom. The number of hydrogen-bond acceptors (Lipinski definition) is 3. The molecule has 20 heavy (non-hydrogen) atoms. The van der Waals surface area contributed by atoms with Gasteiger partial charge in [-0.25, -0.2) is 0 Å². The summed E-state index contributed by atoms with van der Waals surface area (Å²) in [5, 5.41) is 12.1. The van der Waals surface area contributed by atoms with Gasteiger partial charge in [0.05, 0.1) is 6.10 Å². The zero-order chi connectivity index (χ0) is 15.0. The molecule has 0 saturated carbocycles. The fraction of sp³-hybridized carbons (Fsp3) is 0.333. The minimum Gasteiger partial charge on any atom is -0.391 e. The predicted molar refractivity (Wildman–Crippen MR) is 77.9 cm³/mol. The molecule has 1 aromatic rings. The van der Waals surface area contributed by atoms with Gasteiger partial charge in [0, 0.05) is 18.2 Å². The first-order valence-corrected chi connectivity index (χ1v) is 6.56. The minimum atomic E-state index is -0.507. The highest BCUT2D eigenvalue weighted by atomic mass is 16.3. The second kappa shape index (κ2) is 8.12. The van der Waals surface area contributed by atoms with E-state index in [2.05, 4.69) is 5.32 Å². The Morgan fingerprint density at radius 2 is 2.00 bits per heavy atom. The Balaban J connectivity index is 2.46. The molecule has 2 amide bonds. The van der Waals surface area contributed by atoms with Crippen LogP contribution in [0.15, 0.2) is 30.3 Å². The first-order chi connectivity index (χ1) is 9.52. The van der Waals surface area contributed by atoms with E-state index in [1.165, 1.54) is 6.08 Å². The average molecular weight is 276 g/mol. The maximum atomic E-state index is 11.5. The number of hydrogen-bond donors (Lipinski definition) is 3. The van der Waals surface area contributed by atoms with E-state index >= 15 is 0 Å². The predicted octanol–water partition coefficient (Wildman–Crippen LogP) is 1.08. The monoisotopic (exact) mass is 276 g/mol. The molecule has 5 nitrogen and oxygen atoms in total. The third-order valence-corrected chi connectivity index (χ3v) is 2.76. The van der Waals surface area contributed by atoms with E-state index in [0.717, 1.165) is 12.0 Å². The largest absolute Gasteiger partial charge is 0.391 e. The third kappa shape index (κ3) is 5.67. The number of nitrogens with one attached hydrogen (secondary N) is 1. The summed E-state index contributed by atoms with van der Waals surface area (Å²) in [6.45, 7) is 2.22. The molecule has 0 aliphatic rings. The van der Waals surface area contributed by atoms with Gasteiger partial charge in [-0.2, -0.15) is 0 Å². The summed E-state index contributed by atoms with van der Waals surface area (Å²) < 4.78 is 0. The molecular weight excluding hydrogens is 256 g/mol. The number of carbonyl (C=O) groups excluding carboxylic acids is 2. The molecule has 0 saturated heterocycles. The van der Waals surface area contributed by atoms with E-state index in [1.54, 1.807) is 30.3 Å². The fourth-order valence-electron chi connectivity index (χ4n) is 1.64. The van der Waals surface area contributed by atoms with Gasteiger partial charge in [0.25, 0.3) is 0 Å². The van der Waals surface area contributed by atoms with Crippen LogP contribution in [0.2, 0.25) is 0 Å². The summed E-state index contributed by atoms with van der Waals surface area (Å²) in [5.41, 5.74) is 6.35. The molecule has 1 aromatic carbocycles. The van der Waals surface area contributed by atoms with Crippen molar-refractivity contribution >= 4 is 17.9 Å². The molecule has 0 radical (unpaired) electrons. The first-order valence-electron chi connectivity index (χ1n) is 6.56. The van der Waals surface area contributed by atoms with Crippen LogP contribution in [0.1, 0.15) is 35.7 Å². The van der Waals surface area contributed by atoms with Gasteiger partial charge in [-0.3, -0.25) is 9.59 Å². The maximum Gasteiger partial charge on any atom is 0.248 e. The molecule has 5 heteroatoms. The van der Waals surface area contributed by atoms with Crippen molar-refractivity contribution in [3.05, 3.63) is 41.5 Å². The van der Waals surface area contributed by atoms with Crippen LogP contribution in [0.25, 0.3) is 6.08 Å². The zero-order valence-electron chi connectivity index (χ0n) is 11.5. The van der Waals surface area contributed by atoms with Crippen molar-refractivity contribution in [2.75, 3.05) is 6.54 Å². The van der Waals surface area contributed by atoms with Crippen LogP contribution in [0.4, 0.5) is 0 Å². The topological polar surface area (TPSA) is 92.4 Å². The number of carbonyl (C=O) groups is 2. The van der Waals surface area contributed by atoms with Crippen LogP contribution in [-0.4, -0.2) is 29.6 Å². The number of nitrogens with two attached hydrogens (primary N) is 1. The van der Waals surface area contributed by atoms with Crippen molar-refractivity contribution in [2.24, 2.45) is 5.73 Å². The Kier molecular flexibility index (Phi) is 6.46. The van der Waals surface area contributed by atoms with Crippen molar-refractivity contribution in [3.63, 3.8) is 0 Å². The standard InChI is InChI=1S/C15H20N2O3/c1-2-3-13(18)10-17-14(19)9-6-11-4-7-12(8-5-11)15(16)20/h4-9,13,18H,2-3,10H2,1H3,(H2,16,20)(H,17,19)/b9-6+. The van der Waals surface area contributed by atoms with Crippen LogP contribution in [0.5, 0.6) is 0 Å². The second-order valence-electron chi connectivity index (χ2n) is 4.51. The van der Waals surface area contributed by atoms with E-state index < -0.39 is 12.0 Å². The maximum absolute atomic E-state index is 11.5. The number of primary amides is 1. The van der Waals surface area contributed by atoms with Crippen molar-refractivity contribution in [1.29, 1.82) is 0 Å². The van der Waals surface area contributed by atoms with E-state index in [0.29, 0.717) is 12.0 Å². The normalized spacial score (nSPS) is 12.3. The first kappa shape index (κ1) is 15.9. The molecule has 0 aliphatic carbocycles. The highest BCUT2D eigenvalue weighted by Crippen LogP contribution is 2.05. The summed E-state index contributed by atoms with van der Waals surface area (Å²) in [5.74, 6) is -0.748. The summed E-state index contributed by atoms with van der Waals surface area (Å²) in [6.07, 6.45) is 4.05. The number of rotatable bonds is 7. The molecule has 0 aromatic heterocycles. The number of aliphatic hydroxyl groups excluding tert-OH is 1. The molecule has 0 spiro atoms. The van der Waals surface area contributed by atoms with Crippen molar-refractivity contribution in [2.45, 2.75) is 25.9 Å². The summed E-state index contributed by atoms with van der Waals surface area (Å²) in [7, 11) is 0. The number of aliphatic hydroxyl groups is 1. The van der Waals surface area contributed by atoms with Crippen LogP contribution in [0.3, 0.4) is 0 Å². The summed E-state index contributed by atoms with van der Waals surface area (Å²) >= 11 is 0. The molecule has 0 bridgehead atoms. The SMILES string of the molecule is CCCC(O)CNC(=O)/C=C/c1ccc(C(N)=O)cc1. The molecule has 4 N–H and O–H groups in total. The lowest BCUT2D eigenvalue weighted by Crippen LogP contribution is -2.30. The van der Waals surface area contributed by atoms with E-state index in [9.17, 15) is 14.7 Å². The number of amides is 2. The highest BCUT2D eigenvalue weighted by Gasteiger charge is 2.03. The Bertz CT molecular complexity index is 480. The Morgan fingerprint density at radius 3 is 2.55 bits per heavy atom. The van der Waals surface area contributed by atoms with Gasteiger partial charge in [-0.15, -0.1) is 0 Å². The molecular formula is C15H20N2O3. The smallest absolute Gasteiger partial charge is 0.248 e. The molecule has 1 rings (SSSR count). The lowest BCUT2D eigenvalue weighted by molar-refractivity contribution is -0.116. The molecule has 0 fully saturated rings. The van der Waals surface area contributed by atoms with Gasteiger partial charge in [0.1, 0.15) is 0 Å². The third-order valence-electron chi connectivity index (χ3n) is 2.76. The van der Waals surface area contributed by atoms with Crippen LogP contribution < -0.4 is 11.1 Å². The molecule has 108 valence electrons. The fourth-order valence-corrected chi connectivity index (χ4v) is 1.64. The quantitative estimate of drug-likeness (QED) is 0.650. The lowest BCUT2D eigenvalue weighted by Gasteiger charge is -2.08. The summed E-state index contributed by atoms with van der Waals surface area (Å²) in [4.78, 5) is 22.4. The van der Waals surface area contributed by atoms with Gasteiger partial charge in [-0.1, -0.05) is 25.5 Å². The van der Waals surface area contributed by atoms with Gasteiger partial charge in [0.2, 0.25) is 11.8 Å². The van der Waals surface area contributed by atoms with Crippen LogP contribution in [-0.2, 0) is 4.79 Å². The highest BCUT2D eigenvalue weighted by molar-refractivity contribution is 5.94.